The van der Waals surface area contributed by atoms with Crippen LogP contribution in [0.4, 0.5) is 10.5 Å². The van der Waals surface area contributed by atoms with E-state index in [0.29, 0.717) is 5.69 Å². The molecule has 0 aromatic heterocycles. The summed E-state index contributed by atoms with van der Waals surface area (Å²) in [6.07, 6.45) is 0. The summed E-state index contributed by atoms with van der Waals surface area (Å²) in [4.78, 5) is 24.4. The van der Waals surface area contributed by atoms with Crippen LogP contribution in [0.3, 0.4) is 0 Å². The van der Waals surface area contributed by atoms with Gasteiger partial charge in [0.15, 0.2) is 0 Å². The van der Waals surface area contributed by atoms with E-state index in [4.69, 9.17) is 4.74 Å². The average Bonchev–Trinajstić information content (AvgIpc) is 2.59. The Balaban J connectivity index is 1.90. The number of benzene rings is 2. The predicted octanol–water partition coefficient (Wildman–Crippen LogP) is 3.58. The molecule has 24 heavy (non-hydrogen) atoms. The standard InChI is InChI=1S/C19H22N2O3/c1-14(2)17(18(22)24-13-15-9-5-3-6-10-15)21-19(23)20-16-11-7-4-8-12-16/h3-12,14,17H,13H2,1-2H3,(H2,20,21,23)/t17-/m1/s1. The Bertz CT molecular complexity index is 657. The van der Waals surface area contributed by atoms with Crippen molar-refractivity contribution in [2.24, 2.45) is 5.92 Å². The van der Waals surface area contributed by atoms with Crippen LogP contribution >= 0.6 is 0 Å². The van der Waals surface area contributed by atoms with Gasteiger partial charge in [-0.05, 0) is 23.6 Å². The van der Waals surface area contributed by atoms with E-state index in [1.54, 1.807) is 12.1 Å². The van der Waals surface area contributed by atoms with Gasteiger partial charge >= 0.3 is 12.0 Å². The van der Waals surface area contributed by atoms with E-state index >= 15 is 0 Å². The number of esters is 1. The Labute approximate surface area is 142 Å². The molecular weight excluding hydrogens is 304 g/mol. The van der Waals surface area contributed by atoms with Gasteiger partial charge in [-0.1, -0.05) is 62.4 Å². The Kier molecular flexibility index (Phi) is 6.37. The van der Waals surface area contributed by atoms with Crippen LogP contribution in [0, 0.1) is 5.92 Å². The third kappa shape index (κ3) is 5.43. The summed E-state index contributed by atoms with van der Waals surface area (Å²) >= 11 is 0. The number of rotatable bonds is 6. The number of amides is 2. The number of carbonyl (C=O) groups excluding carboxylic acids is 2. The van der Waals surface area contributed by atoms with Crippen molar-refractivity contribution in [3.63, 3.8) is 0 Å². The minimum absolute atomic E-state index is 0.0882. The number of anilines is 1. The maximum atomic E-state index is 12.3. The Morgan fingerprint density at radius 3 is 2.12 bits per heavy atom. The molecule has 2 aromatic rings. The molecule has 0 aliphatic rings. The van der Waals surface area contributed by atoms with Crippen LogP contribution in [0.15, 0.2) is 60.7 Å². The van der Waals surface area contributed by atoms with Crippen LogP contribution in [0.25, 0.3) is 0 Å². The lowest BCUT2D eigenvalue weighted by atomic mass is 10.1. The van der Waals surface area contributed by atoms with E-state index in [-0.39, 0.29) is 12.5 Å². The molecule has 0 unspecified atom stereocenters. The molecule has 0 spiro atoms. The number of hydrogen-bond acceptors (Lipinski definition) is 3. The highest BCUT2D eigenvalue weighted by Gasteiger charge is 2.25. The number of urea groups is 1. The number of hydrogen-bond donors (Lipinski definition) is 2. The summed E-state index contributed by atoms with van der Waals surface area (Å²) in [5, 5.41) is 5.37. The molecule has 0 aliphatic heterocycles. The second-order valence-electron chi connectivity index (χ2n) is 5.78. The molecule has 0 saturated heterocycles. The third-order valence-electron chi connectivity index (χ3n) is 3.46. The second-order valence-corrected chi connectivity index (χ2v) is 5.78. The summed E-state index contributed by atoms with van der Waals surface area (Å²) in [6.45, 7) is 3.90. The highest BCUT2D eigenvalue weighted by atomic mass is 16.5. The lowest BCUT2D eigenvalue weighted by Crippen LogP contribution is -2.47. The smallest absolute Gasteiger partial charge is 0.329 e. The summed E-state index contributed by atoms with van der Waals surface area (Å²) in [5.74, 6) is -0.535. The van der Waals surface area contributed by atoms with Gasteiger partial charge in [-0.3, -0.25) is 0 Å². The molecule has 126 valence electrons. The van der Waals surface area contributed by atoms with Gasteiger partial charge in [0.05, 0.1) is 0 Å². The fraction of sp³-hybridized carbons (Fsp3) is 0.263. The number of para-hydroxylation sites is 1. The van der Waals surface area contributed by atoms with Crippen molar-refractivity contribution in [2.75, 3.05) is 5.32 Å². The van der Waals surface area contributed by atoms with E-state index in [1.165, 1.54) is 0 Å². The minimum Gasteiger partial charge on any atom is -0.459 e. The van der Waals surface area contributed by atoms with Gasteiger partial charge in [-0.15, -0.1) is 0 Å². The molecule has 0 aliphatic carbocycles. The van der Waals surface area contributed by atoms with Crippen molar-refractivity contribution >= 4 is 17.7 Å². The Morgan fingerprint density at radius 1 is 0.958 bits per heavy atom. The maximum Gasteiger partial charge on any atom is 0.329 e. The SMILES string of the molecule is CC(C)[C@@H](NC(=O)Nc1ccccc1)C(=O)OCc1ccccc1. The Morgan fingerprint density at radius 2 is 1.54 bits per heavy atom. The van der Waals surface area contributed by atoms with Gasteiger partial charge in [-0.25, -0.2) is 9.59 Å². The van der Waals surface area contributed by atoms with Crippen LogP contribution < -0.4 is 10.6 Å². The predicted molar refractivity (Wildman–Crippen MR) is 93.5 cm³/mol. The number of nitrogens with one attached hydrogen (secondary N) is 2. The first-order valence-electron chi connectivity index (χ1n) is 7.89. The van der Waals surface area contributed by atoms with E-state index in [2.05, 4.69) is 10.6 Å². The second kappa shape index (κ2) is 8.72. The molecule has 2 amide bonds. The van der Waals surface area contributed by atoms with Crippen LogP contribution in [-0.4, -0.2) is 18.0 Å². The molecule has 0 saturated carbocycles. The summed E-state index contributed by atoms with van der Waals surface area (Å²) in [5.41, 5.74) is 1.57. The normalized spacial score (nSPS) is 11.6. The molecule has 5 nitrogen and oxygen atoms in total. The highest BCUT2D eigenvalue weighted by molar-refractivity contribution is 5.92. The van der Waals surface area contributed by atoms with Gasteiger partial charge in [-0.2, -0.15) is 0 Å². The van der Waals surface area contributed by atoms with Gasteiger partial charge < -0.3 is 15.4 Å². The molecule has 5 heteroatoms. The lowest BCUT2D eigenvalue weighted by molar-refractivity contribution is -0.148. The fourth-order valence-electron chi connectivity index (χ4n) is 2.15. The third-order valence-corrected chi connectivity index (χ3v) is 3.46. The van der Waals surface area contributed by atoms with Crippen molar-refractivity contribution in [3.8, 4) is 0 Å². The molecule has 0 bridgehead atoms. The first-order valence-corrected chi connectivity index (χ1v) is 7.89. The Hall–Kier alpha value is -2.82. The van der Waals surface area contributed by atoms with Gasteiger partial charge in [0.25, 0.3) is 0 Å². The topological polar surface area (TPSA) is 67.4 Å². The average molecular weight is 326 g/mol. The van der Waals surface area contributed by atoms with Crippen molar-refractivity contribution in [1.29, 1.82) is 0 Å². The van der Waals surface area contributed by atoms with Crippen LogP contribution in [0.2, 0.25) is 0 Å². The van der Waals surface area contributed by atoms with E-state index in [9.17, 15) is 9.59 Å². The summed E-state index contributed by atoms with van der Waals surface area (Å²) in [6, 6.07) is 17.3. The van der Waals surface area contributed by atoms with Gasteiger partial charge in [0.2, 0.25) is 0 Å². The van der Waals surface area contributed by atoms with Crippen molar-refractivity contribution in [3.05, 3.63) is 66.2 Å². The zero-order valence-electron chi connectivity index (χ0n) is 13.9. The minimum atomic E-state index is -0.711. The maximum absolute atomic E-state index is 12.3. The zero-order valence-corrected chi connectivity index (χ0v) is 13.9. The quantitative estimate of drug-likeness (QED) is 0.797. The van der Waals surface area contributed by atoms with Crippen molar-refractivity contribution < 1.29 is 14.3 Å². The lowest BCUT2D eigenvalue weighted by Gasteiger charge is -2.21. The molecule has 0 fully saturated rings. The van der Waals surface area contributed by atoms with Crippen LogP contribution in [0.1, 0.15) is 19.4 Å². The first-order chi connectivity index (χ1) is 11.6. The van der Waals surface area contributed by atoms with Crippen molar-refractivity contribution in [2.45, 2.75) is 26.5 Å². The van der Waals surface area contributed by atoms with Gasteiger partial charge in [0.1, 0.15) is 12.6 Å². The van der Waals surface area contributed by atoms with E-state index < -0.39 is 18.0 Å². The van der Waals surface area contributed by atoms with Crippen molar-refractivity contribution in [1.82, 2.24) is 5.32 Å². The van der Waals surface area contributed by atoms with Crippen LogP contribution in [0.5, 0.6) is 0 Å². The monoisotopic (exact) mass is 326 g/mol. The number of ether oxygens (including phenoxy) is 1. The van der Waals surface area contributed by atoms with Crippen LogP contribution in [-0.2, 0) is 16.1 Å². The fourth-order valence-corrected chi connectivity index (χ4v) is 2.15. The molecule has 0 heterocycles. The summed E-state index contributed by atoms with van der Waals surface area (Å²) < 4.78 is 5.32. The molecular formula is C19H22N2O3. The van der Waals surface area contributed by atoms with Gasteiger partial charge in [0, 0.05) is 5.69 Å². The number of carbonyl (C=O) groups is 2. The first kappa shape index (κ1) is 17.5. The van der Waals surface area contributed by atoms with E-state index in [0.717, 1.165) is 5.56 Å². The molecule has 0 radical (unpaired) electrons. The largest absolute Gasteiger partial charge is 0.459 e. The molecule has 2 aromatic carbocycles. The zero-order chi connectivity index (χ0) is 17.4. The molecule has 2 rings (SSSR count). The molecule has 1 atom stereocenters. The highest BCUT2D eigenvalue weighted by Crippen LogP contribution is 2.09. The summed E-state index contributed by atoms with van der Waals surface area (Å²) in [7, 11) is 0. The molecule has 2 N–H and O–H groups in total. The van der Waals surface area contributed by atoms with E-state index in [1.807, 2.05) is 62.4 Å².